The summed E-state index contributed by atoms with van der Waals surface area (Å²) in [4.78, 5) is 9.94. The molecule has 7 heteroatoms. The summed E-state index contributed by atoms with van der Waals surface area (Å²) in [6.07, 6.45) is 2.28. The molecule has 1 heterocycles. The Morgan fingerprint density at radius 1 is 1.42 bits per heavy atom. The lowest BCUT2D eigenvalue weighted by molar-refractivity contribution is -0.389. The minimum atomic E-state index is -0.515. The van der Waals surface area contributed by atoms with Crippen LogP contribution in [0.2, 0.25) is 5.02 Å². The van der Waals surface area contributed by atoms with Gasteiger partial charge in [-0.3, -0.25) is 0 Å². The molecular formula is C12H12ClN3O3. The first-order valence-corrected chi connectivity index (χ1v) is 6.09. The molecule has 0 bridgehead atoms. The molecule has 1 aromatic carbocycles. The number of nitrogens with zero attached hydrogens (tertiary/aromatic N) is 3. The van der Waals surface area contributed by atoms with Gasteiger partial charge in [-0.1, -0.05) is 17.7 Å². The predicted molar refractivity (Wildman–Crippen MR) is 70.4 cm³/mol. The van der Waals surface area contributed by atoms with Gasteiger partial charge in [0.2, 0.25) is 0 Å². The SMILES string of the molecule is O=[N+]([O-])c1ccn(CCCOc2cccc(Cl)c2)n1. The third-order valence-corrected chi connectivity index (χ3v) is 2.65. The van der Waals surface area contributed by atoms with E-state index in [0.717, 1.165) is 0 Å². The van der Waals surface area contributed by atoms with Crippen molar-refractivity contribution in [2.75, 3.05) is 6.61 Å². The summed E-state index contributed by atoms with van der Waals surface area (Å²) in [5, 5.41) is 14.9. The molecule has 0 amide bonds. The first kappa shape index (κ1) is 13.4. The van der Waals surface area contributed by atoms with Crippen LogP contribution in [0.15, 0.2) is 36.5 Å². The Kier molecular flexibility index (Phi) is 4.35. The van der Waals surface area contributed by atoms with Crippen LogP contribution in [0.5, 0.6) is 5.75 Å². The summed E-state index contributed by atoms with van der Waals surface area (Å²) in [5.41, 5.74) is 0. The van der Waals surface area contributed by atoms with Crippen LogP contribution in [-0.4, -0.2) is 21.3 Å². The fourth-order valence-electron chi connectivity index (χ4n) is 1.55. The van der Waals surface area contributed by atoms with Crippen LogP contribution in [-0.2, 0) is 6.54 Å². The number of nitro groups is 1. The fourth-order valence-corrected chi connectivity index (χ4v) is 1.73. The average molecular weight is 282 g/mol. The first-order valence-electron chi connectivity index (χ1n) is 5.71. The Balaban J connectivity index is 1.76. The number of halogens is 1. The van der Waals surface area contributed by atoms with Crippen molar-refractivity contribution in [2.45, 2.75) is 13.0 Å². The maximum atomic E-state index is 10.5. The highest BCUT2D eigenvalue weighted by Gasteiger charge is 2.09. The van der Waals surface area contributed by atoms with Crippen molar-refractivity contribution < 1.29 is 9.66 Å². The van der Waals surface area contributed by atoms with Gasteiger partial charge in [-0.05, 0) is 23.1 Å². The standard InChI is InChI=1S/C12H12ClN3O3/c13-10-3-1-4-11(9-10)19-8-2-6-15-7-5-12(14-15)16(17)18/h1,3-5,7,9H,2,6,8H2. The van der Waals surface area contributed by atoms with Gasteiger partial charge in [0.1, 0.15) is 5.75 Å². The summed E-state index contributed by atoms with van der Waals surface area (Å²) in [6, 6.07) is 8.52. The molecule has 0 radical (unpaired) electrons. The Bertz CT molecular complexity index is 571. The average Bonchev–Trinajstić information content (AvgIpc) is 2.84. The van der Waals surface area contributed by atoms with Crippen LogP contribution in [0.25, 0.3) is 0 Å². The quantitative estimate of drug-likeness (QED) is 0.464. The van der Waals surface area contributed by atoms with Gasteiger partial charge in [0.05, 0.1) is 30.5 Å². The third-order valence-electron chi connectivity index (χ3n) is 2.41. The van der Waals surface area contributed by atoms with Gasteiger partial charge in [0.15, 0.2) is 0 Å². The second-order valence-electron chi connectivity index (χ2n) is 3.85. The zero-order valence-electron chi connectivity index (χ0n) is 10.0. The van der Waals surface area contributed by atoms with Crippen molar-refractivity contribution in [1.82, 2.24) is 9.78 Å². The van der Waals surface area contributed by atoms with Crippen LogP contribution < -0.4 is 4.74 Å². The fraction of sp³-hybridized carbons (Fsp3) is 0.250. The van der Waals surface area contributed by atoms with Crippen molar-refractivity contribution in [3.05, 3.63) is 51.7 Å². The molecule has 0 N–H and O–H groups in total. The van der Waals surface area contributed by atoms with Crippen molar-refractivity contribution in [1.29, 1.82) is 0 Å². The number of aryl methyl sites for hydroxylation is 1. The van der Waals surface area contributed by atoms with Crippen molar-refractivity contribution >= 4 is 17.4 Å². The molecule has 0 saturated heterocycles. The van der Waals surface area contributed by atoms with Gasteiger partial charge in [-0.15, -0.1) is 0 Å². The molecule has 2 rings (SSSR count). The number of hydrogen-bond donors (Lipinski definition) is 0. The van der Waals surface area contributed by atoms with Gasteiger partial charge in [-0.2, -0.15) is 4.68 Å². The second kappa shape index (κ2) is 6.19. The van der Waals surface area contributed by atoms with E-state index in [2.05, 4.69) is 5.10 Å². The van der Waals surface area contributed by atoms with Crippen LogP contribution in [0.3, 0.4) is 0 Å². The topological polar surface area (TPSA) is 70.2 Å². The van der Waals surface area contributed by atoms with E-state index in [-0.39, 0.29) is 5.82 Å². The number of benzene rings is 1. The largest absolute Gasteiger partial charge is 0.493 e. The molecule has 0 atom stereocenters. The Labute approximate surface area is 114 Å². The third kappa shape index (κ3) is 3.96. The van der Waals surface area contributed by atoms with Gasteiger partial charge in [-0.25, -0.2) is 0 Å². The molecule has 19 heavy (non-hydrogen) atoms. The van der Waals surface area contributed by atoms with Gasteiger partial charge < -0.3 is 14.9 Å². The number of hydrogen-bond acceptors (Lipinski definition) is 4. The maximum Gasteiger partial charge on any atom is 0.389 e. The molecule has 100 valence electrons. The summed E-state index contributed by atoms with van der Waals surface area (Å²) in [7, 11) is 0. The molecule has 0 spiro atoms. The summed E-state index contributed by atoms with van der Waals surface area (Å²) < 4.78 is 7.03. The van der Waals surface area contributed by atoms with Crippen LogP contribution >= 0.6 is 11.6 Å². The highest BCUT2D eigenvalue weighted by Crippen LogP contribution is 2.17. The number of ether oxygens (including phenoxy) is 1. The van der Waals surface area contributed by atoms with E-state index in [1.54, 1.807) is 18.3 Å². The lowest BCUT2D eigenvalue weighted by Gasteiger charge is -2.05. The molecule has 6 nitrogen and oxygen atoms in total. The van der Waals surface area contributed by atoms with Crippen LogP contribution in [0.1, 0.15) is 6.42 Å². The molecule has 1 aromatic heterocycles. The van der Waals surface area contributed by atoms with E-state index in [1.807, 2.05) is 12.1 Å². The van der Waals surface area contributed by atoms with Gasteiger partial charge in [0.25, 0.3) is 0 Å². The van der Waals surface area contributed by atoms with E-state index < -0.39 is 4.92 Å². The second-order valence-corrected chi connectivity index (χ2v) is 4.29. The molecule has 0 saturated carbocycles. The van der Waals surface area contributed by atoms with Crippen molar-refractivity contribution in [3.8, 4) is 5.75 Å². The Morgan fingerprint density at radius 3 is 2.95 bits per heavy atom. The highest BCUT2D eigenvalue weighted by molar-refractivity contribution is 6.30. The highest BCUT2D eigenvalue weighted by atomic mass is 35.5. The minimum absolute atomic E-state index is 0.143. The monoisotopic (exact) mass is 281 g/mol. The Hall–Kier alpha value is -2.08. The van der Waals surface area contributed by atoms with E-state index in [0.29, 0.717) is 30.3 Å². The zero-order chi connectivity index (χ0) is 13.7. The summed E-state index contributed by atoms with van der Waals surface area (Å²) >= 11 is 5.83. The molecular weight excluding hydrogens is 270 g/mol. The molecule has 2 aromatic rings. The predicted octanol–water partition coefficient (Wildman–Crippen LogP) is 2.91. The van der Waals surface area contributed by atoms with E-state index in [1.165, 1.54) is 10.7 Å². The van der Waals surface area contributed by atoms with Crippen LogP contribution in [0.4, 0.5) is 5.82 Å². The molecule has 0 aliphatic carbocycles. The van der Waals surface area contributed by atoms with E-state index in [9.17, 15) is 10.1 Å². The van der Waals surface area contributed by atoms with Gasteiger partial charge in [0, 0.05) is 11.4 Å². The summed E-state index contributed by atoms with van der Waals surface area (Å²) in [5.74, 6) is 0.565. The zero-order valence-corrected chi connectivity index (χ0v) is 10.8. The lowest BCUT2D eigenvalue weighted by Crippen LogP contribution is -2.05. The Morgan fingerprint density at radius 2 is 2.26 bits per heavy atom. The molecule has 0 unspecified atom stereocenters. The maximum absolute atomic E-state index is 10.5. The summed E-state index contributed by atoms with van der Waals surface area (Å²) in [6.45, 7) is 1.06. The number of rotatable bonds is 6. The van der Waals surface area contributed by atoms with Crippen molar-refractivity contribution in [3.63, 3.8) is 0 Å². The minimum Gasteiger partial charge on any atom is -0.493 e. The van der Waals surface area contributed by atoms with E-state index >= 15 is 0 Å². The first-order chi connectivity index (χ1) is 9.15. The van der Waals surface area contributed by atoms with Crippen LogP contribution in [0, 0.1) is 10.1 Å². The van der Waals surface area contributed by atoms with Gasteiger partial charge >= 0.3 is 5.82 Å². The van der Waals surface area contributed by atoms with Crippen molar-refractivity contribution in [2.24, 2.45) is 0 Å². The van der Waals surface area contributed by atoms with E-state index in [4.69, 9.17) is 16.3 Å². The number of aromatic nitrogens is 2. The normalized spacial score (nSPS) is 10.4. The smallest absolute Gasteiger partial charge is 0.389 e. The lowest BCUT2D eigenvalue weighted by atomic mass is 10.3. The molecule has 0 aliphatic heterocycles. The molecule has 0 fully saturated rings. The molecule has 0 aliphatic rings.